The summed E-state index contributed by atoms with van der Waals surface area (Å²) in [5, 5.41) is 12.0. The van der Waals surface area contributed by atoms with E-state index in [-0.39, 0.29) is 29.4 Å². The summed E-state index contributed by atoms with van der Waals surface area (Å²) < 4.78 is 1.06. The number of carboxylic acid groups (broad SMARTS) is 1. The minimum absolute atomic E-state index is 0.160. The molecule has 0 radical (unpaired) electrons. The van der Waals surface area contributed by atoms with Crippen LogP contribution in [0.2, 0.25) is 0 Å². The summed E-state index contributed by atoms with van der Waals surface area (Å²) in [6.45, 7) is 4.98. The molecule has 8 heteroatoms. The van der Waals surface area contributed by atoms with E-state index in [1.807, 2.05) is 0 Å². The number of benzene rings is 1. The highest BCUT2D eigenvalue weighted by molar-refractivity contribution is 6.00. The van der Waals surface area contributed by atoms with Gasteiger partial charge in [-0.3, -0.25) is 14.2 Å². The summed E-state index contributed by atoms with van der Waals surface area (Å²) >= 11 is 0. The van der Waals surface area contributed by atoms with E-state index in [1.54, 1.807) is 13.8 Å². The molecule has 0 saturated carbocycles. The first kappa shape index (κ1) is 17.5. The maximum absolute atomic E-state index is 12.3. The predicted molar refractivity (Wildman–Crippen MR) is 88.3 cm³/mol. The fraction of sp³-hybridized carbons (Fsp3) is 0.375. The minimum Gasteiger partial charge on any atom is -0.480 e. The van der Waals surface area contributed by atoms with Crippen LogP contribution in [0.15, 0.2) is 27.8 Å². The van der Waals surface area contributed by atoms with Gasteiger partial charge in [0.15, 0.2) is 0 Å². The zero-order chi connectivity index (χ0) is 18.1. The molecule has 0 aliphatic carbocycles. The molecule has 1 atom stereocenters. The average molecular weight is 333 g/mol. The summed E-state index contributed by atoms with van der Waals surface area (Å²) in [6, 6.07) is 4.24. The summed E-state index contributed by atoms with van der Waals surface area (Å²) in [6.07, 6.45) is 0.208. The Labute approximate surface area is 137 Å². The molecule has 0 bridgehead atoms. The van der Waals surface area contributed by atoms with Gasteiger partial charge in [0.2, 0.25) is 0 Å². The Kier molecular flexibility index (Phi) is 4.59. The fourth-order valence-electron chi connectivity index (χ4n) is 2.30. The number of aromatic amines is 1. The van der Waals surface area contributed by atoms with E-state index in [2.05, 4.69) is 10.3 Å². The number of carboxylic acids is 1. The molecular weight excluding hydrogens is 314 g/mol. The Morgan fingerprint density at radius 1 is 1.29 bits per heavy atom. The van der Waals surface area contributed by atoms with Crippen molar-refractivity contribution in [1.29, 1.82) is 0 Å². The lowest BCUT2D eigenvalue weighted by Gasteiger charge is -2.24. The maximum Gasteiger partial charge on any atom is 0.329 e. The number of nitrogens with one attached hydrogen (secondary N) is 2. The molecule has 0 aliphatic heterocycles. The molecule has 3 N–H and O–H groups in total. The van der Waals surface area contributed by atoms with Crippen LogP contribution in [-0.4, -0.2) is 32.1 Å². The number of rotatable bonds is 5. The molecule has 128 valence electrons. The third-order valence-electron chi connectivity index (χ3n) is 4.13. The second-order valence-corrected chi connectivity index (χ2v) is 5.68. The molecule has 1 amide bonds. The molecule has 2 aromatic rings. The third kappa shape index (κ3) is 2.94. The van der Waals surface area contributed by atoms with Crippen LogP contribution in [0, 0.1) is 0 Å². The van der Waals surface area contributed by atoms with Crippen LogP contribution in [0.4, 0.5) is 0 Å². The predicted octanol–water partition coefficient (Wildman–Crippen LogP) is 0.693. The van der Waals surface area contributed by atoms with Crippen LogP contribution >= 0.6 is 0 Å². The van der Waals surface area contributed by atoms with Crippen LogP contribution in [0.3, 0.4) is 0 Å². The van der Waals surface area contributed by atoms with E-state index >= 15 is 0 Å². The van der Waals surface area contributed by atoms with E-state index in [1.165, 1.54) is 25.1 Å². The Bertz CT molecular complexity index is 927. The van der Waals surface area contributed by atoms with Gasteiger partial charge in [-0.25, -0.2) is 9.59 Å². The summed E-state index contributed by atoms with van der Waals surface area (Å²) in [7, 11) is 0. The van der Waals surface area contributed by atoms with Crippen molar-refractivity contribution < 1.29 is 14.7 Å². The lowest BCUT2D eigenvalue weighted by molar-refractivity contribution is -0.143. The lowest BCUT2D eigenvalue weighted by Crippen LogP contribution is -2.51. The number of H-pyrrole nitrogens is 1. The Hall–Kier alpha value is -2.90. The number of carbonyl (C=O) groups excluding carboxylic acids is 1. The second kappa shape index (κ2) is 6.31. The number of hydrogen-bond donors (Lipinski definition) is 3. The zero-order valence-electron chi connectivity index (χ0n) is 13.7. The highest BCUT2D eigenvalue weighted by Gasteiger charge is 2.33. The van der Waals surface area contributed by atoms with Gasteiger partial charge in [-0.05, 0) is 38.5 Å². The highest BCUT2D eigenvalue weighted by Crippen LogP contribution is 2.13. The summed E-state index contributed by atoms with van der Waals surface area (Å²) in [4.78, 5) is 50.2. The molecule has 24 heavy (non-hydrogen) atoms. The molecule has 0 saturated heterocycles. The molecule has 1 aromatic heterocycles. The van der Waals surface area contributed by atoms with Crippen LogP contribution in [0.25, 0.3) is 10.9 Å². The molecule has 0 spiro atoms. The largest absolute Gasteiger partial charge is 0.480 e. The molecule has 1 unspecified atom stereocenters. The molecule has 0 aliphatic rings. The van der Waals surface area contributed by atoms with Crippen molar-refractivity contribution in [3.8, 4) is 0 Å². The van der Waals surface area contributed by atoms with E-state index in [9.17, 15) is 24.3 Å². The van der Waals surface area contributed by atoms with E-state index in [0.29, 0.717) is 0 Å². The highest BCUT2D eigenvalue weighted by atomic mass is 16.4. The number of fused-ring (bicyclic) bond motifs is 1. The van der Waals surface area contributed by atoms with Crippen LogP contribution in [-0.2, 0) is 11.3 Å². The maximum atomic E-state index is 12.3. The average Bonchev–Trinajstić information content (AvgIpc) is 2.54. The normalized spacial score (nSPS) is 13.5. The van der Waals surface area contributed by atoms with Gasteiger partial charge in [-0.2, -0.15) is 0 Å². The fourth-order valence-corrected chi connectivity index (χ4v) is 2.30. The number of aliphatic carboxylic acids is 1. The first-order chi connectivity index (χ1) is 11.2. The quantitative estimate of drug-likeness (QED) is 0.743. The molecule has 8 nitrogen and oxygen atoms in total. The van der Waals surface area contributed by atoms with Gasteiger partial charge in [0.25, 0.3) is 11.5 Å². The van der Waals surface area contributed by atoms with E-state index in [0.717, 1.165) is 4.57 Å². The second-order valence-electron chi connectivity index (χ2n) is 5.68. The Balaban J connectivity index is 2.48. The summed E-state index contributed by atoms with van der Waals surface area (Å²) in [5.41, 5.74) is -2.00. The first-order valence-corrected chi connectivity index (χ1v) is 7.56. The van der Waals surface area contributed by atoms with Crippen molar-refractivity contribution in [1.82, 2.24) is 14.9 Å². The van der Waals surface area contributed by atoms with Crippen molar-refractivity contribution in [3.63, 3.8) is 0 Å². The standard InChI is InChI=1S/C16H19N3O5/c1-4-16(3,14(22)23)18-12(20)9-6-7-10-11(8-9)17-15(24)19(5-2)13(10)21/h6-8H,4-5H2,1-3H3,(H,17,24)(H,18,20)(H,22,23). The number of carbonyl (C=O) groups is 2. The lowest BCUT2D eigenvalue weighted by atomic mass is 9.98. The van der Waals surface area contributed by atoms with Crippen LogP contribution in [0.1, 0.15) is 37.6 Å². The van der Waals surface area contributed by atoms with Gasteiger partial charge < -0.3 is 15.4 Å². The number of nitrogens with zero attached hydrogens (tertiary/aromatic N) is 1. The first-order valence-electron chi connectivity index (χ1n) is 7.56. The van der Waals surface area contributed by atoms with Gasteiger partial charge >= 0.3 is 11.7 Å². The molecule has 1 heterocycles. The van der Waals surface area contributed by atoms with Crippen molar-refractivity contribution in [2.45, 2.75) is 39.3 Å². The van der Waals surface area contributed by atoms with Gasteiger partial charge in [-0.15, -0.1) is 0 Å². The Morgan fingerprint density at radius 3 is 2.50 bits per heavy atom. The summed E-state index contributed by atoms with van der Waals surface area (Å²) in [5.74, 6) is -1.73. The number of amides is 1. The minimum atomic E-state index is -1.40. The van der Waals surface area contributed by atoms with Gasteiger partial charge in [0.1, 0.15) is 5.54 Å². The third-order valence-corrected chi connectivity index (χ3v) is 4.13. The topological polar surface area (TPSA) is 121 Å². The smallest absolute Gasteiger partial charge is 0.329 e. The van der Waals surface area contributed by atoms with Gasteiger partial charge in [-0.1, -0.05) is 6.92 Å². The molecule has 2 rings (SSSR count). The van der Waals surface area contributed by atoms with Gasteiger partial charge in [0.05, 0.1) is 10.9 Å². The van der Waals surface area contributed by atoms with Gasteiger partial charge in [0, 0.05) is 12.1 Å². The van der Waals surface area contributed by atoms with E-state index in [4.69, 9.17) is 0 Å². The molecule has 1 aromatic carbocycles. The van der Waals surface area contributed by atoms with Crippen LogP contribution < -0.4 is 16.6 Å². The van der Waals surface area contributed by atoms with Crippen molar-refractivity contribution in [2.24, 2.45) is 0 Å². The SMILES string of the molecule is CCn1c(=O)[nH]c2cc(C(=O)NC(C)(CC)C(=O)O)ccc2c1=O. The number of aromatic nitrogens is 2. The Morgan fingerprint density at radius 2 is 1.96 bits per heavy atom. The van der Waals surface area contributed by atoms with Crippen molar-refractivity contribution >= 4 is 22.8 Å². The van der Waals surface area contributed by atoms with Crippen molar-refractivity contribution in [2.75, 3.05) is 0 Å². The van der Waals surface area contributed by atoms with Crippen molar-refractivity contribution in [3.05, 3.63) is 44.6 Å². The monoisotopic (exact) mass is 333 g/mol. The number of hydrogen-bond acceptors (Lipinski definition) is 4. The molecular formula is C16H19N3O5. The van der Waals surface area contributed by atoms with E-state index < -0.39 is 28.7 Å². The molecule has 0 fully saturated rings. The zero-order valence-corrected chi connectivity index (χ0v) is 13.7. The van der Waals surface area contributed by atoms with Crippen LogP contribution in [0.5, 0.6) is 0 Å².